The molecule has 136 valence electrons. The molecule has 1 atom stereocenters. The first kappa shape index (κ1) is 19.0. The van der Waals surface area contributed by atoms with E-state index in [2.05, 4.69) is 18.6 Å². The van der Waals surface area contributed by atoms with Crippen LogP contribution in [0.2, 0.25) is 0 Å². The molecule has 0 unspecified atom stereocenters. The smallest absolute Gasteiger partial charge is 0.240 e. The van der Waals surface area contributed by atoms with Crippen LogP contribution in [0.15, 0.2) is 23.1 Å². The van der Waals surface area contributed by atoms with E-state index in [-0.39, 0.29) is 10.9 Å². The molecular weight excluding hydrogens is 328 g/mol. The molecule has 1 aliphatic heterocycles. The molecule has 0 radical (unpaired) electrons. The largest absolute Gasteiger partial charge is 0.486 e. The summed E-state index contributed by atoms with van der Waals surface area (Å²) in [6.07, 6.45) is 1.83. The number of nitrogens with one attached hydrogen (secondary N) is 2. The number of benzene rings is 1. The van der Waals surface area contributed by atoms with E-state index in [1.807, 2.05) is 6.92 Å². The van der Waals surface area contributed by atoms with Crippen LogP contribution in [0, 0.1) is 0 Å². The van der Waals surface area contributed by atoms with Crippen LogP contribution in [-0.2, 0) is 10.0 Å². The minimum atomic E-state index is -3.55. The van der Waals surface area contributed by atoms with Crippen molar-refractivity contribution >= 4 is 10.0 Å². The molecule has 0 aliphatic carbocycles. The van der Waals surface area contributed by atoms with E-state index < -0.39 is 10.0 Å². The topological polar surface area (TPSA) is 69.1 Å². The molecule has 2 rings (SSSR count). The van der Waals surface area contributed by atoms with Gasteiger partial charge in [-0.25, -0.2) is 13.1 Å². The normalized spacial score (nSPS) is 15.5. The molecule has 7 heteroatoms. The average molecular weight is 357 g/mol. The number of hydrogen-bond donors (Lipinski definition) is 2. The van der Waals surface area contributed by atoms with Crippen LogP contribution in [0.1, 0.15) is 33.6 Å². The number of hydrogen-bond acceptors (Lipinski definition) is 4. The van der Waals surface area contributed by atoms with E-state index in [4.69, 9.17) is 9.47 Å². The number of ether oxygens (including phenoxy) is 2. The third kappa shape index (κ3) is 5.09. The SMILES string of the molecule is CC[NH+](CC)CCC[C@@H](C)NS(=O)(=O)c1ccc2c(c1)OCCO2. The van der Waals surface area contributed by atoms with Crippen LogP contribution in [-0.4, -0.2) is 47.3 Å². The zero-order valence-corrected chi connectivity index (χ0v) is 15.6. The highest BCUT2D eigenvalue weighted by molar-refractivity contribution is 7.89. The Balaban J connectivity index is 1.93. The molecular formula is C17H29N2O4S+. The molecule has 0 aromatic heterocycles. The molecule has 0 saturated carbocycles. The Labute approximate surface area is 145 Å². The summed E-state index contributed by atoms with van der Waals surface area (Å²) >= 11 is 0. The fraction of sp³-hybridized carbons (Fsp3) is 0.647. The first-order valence-electron chi connectivity index (χ1n) is 8.71. The van der Waals surface area contributed by atoms with Crippen LogP contribution in [0.25, 0.3) is 0 Å². The summed E-state index contributed by atoms with van der Waals surface area (Å²) in [5, 5.41) is 0. The van der Waals surface area contributed by atoms with Gasteiger partial charge in [-0.1, -0.05) is 0 Å². The van der Waals surface area contributed by atoms with Gasteiger partial charge in [0, 0.05) is 12.1 Å². The zero-order chi connectivity index (χ0) is 17.6. The summed E-state index contributed by atoms with van der Waals surface area (Å²) in [7, 11) is -3.55. The molecule has 24 heavy (non-hydrogen) atoms. The van der Waals surface area contributed by atoms with Gasteiger partial charge in [0.25, 0.3) is 0 Å². The summed E-state index contributed by atoms with van der Waals surface area (Å²) in [5.74, 6) is 1.08. The maximum atomic E-state index is 12.5. The second-order valence-corrected chi connectivity index (χ2v) is 7.89. The van der Waals surface area contributed by atoms with Gasteiger partial charge in [-0.15, -0.1) is 0 Å². The number of quaternary nitrogens is 1. The van der Waals surface area contributed by atoms with Crippen LogP contribution in [0.4, 0.5) is 0 Å². The van der Waals surface area contributed by atoms with Crippen LogP contribution < -0.4 is 19.1 Å². The van der Waals surface area contributed by atoms with Crippen molar-refractivity contribution in [1.82, 2.24) is 4.72 Å². The van der Waals surface area contributed by atoms with Gasteiger partial charge in [0.1, 0.15) is 13.2 Å². The second kappa shape index (κ2) is 8.69. The molecule has 0 spiro atoms. The summed E-state index contributed by atoms with van der Waals surface area (Å²) in [4.78, 5) is 1.75. The number of fused-ring (bicyclic) bond motifs is 1. The first-order chi connectivity index (χ1) is 11.5. The van der Waals surface area contributed by atoms with Gasteiger partial charge < -0.3 is 14.4 Å². The van der Waals surface area contributed by atoms with E-state index >= 15 is 0 Å². The molecule has 1 heterocycles. The van der Waals surface area contributed by atoms with Crippen molar-refractivity contribution in [1.29, 1.82) is 0 Å². The lowest BCUT2D eigenvalue weighted by Crippen LogP contribution is -3.11. The van der Waals surface area contributed by atoms with E-state index in [0.717, 1.165) is 32.5 Å². The lowest BCUT2D eigenvalue weighted by molar-refractivity contribution is -0.896. The lowest BCUT2D eigenvalue weighted by atomic mass is 10.2. The zero-order valence-electron chi connectivity index (χ0n) is 14.8. The maximum absolute atomic E-state index is 12.5. The van der Waals surface area contributed by atoms with Crippen LogP contribution >= 0.6 is 0 Å². The van der Waals surface area contributed by atoms with Gasteiger partial charge in [0.05, 0.1) is 24.5 Å². The Morgan fingerprint density at radius 2 is 1.83 bits per heavy atom. The minimum absolute atomic E-state index is 0.0989. The Morgan fingerprint density at radius 1 is 1.17 bits per heavy atom. The summed E-state index contributed by atoms with van der Waals surface area (Å²) in [6.45, 7) is 10.5. The van der Waals surface area contributed by atoms with Gasteiger partial charge in [0.15, 0.2) is 11.5 Å². The monoisotopic (exact) mass is 357 g/mol. The lowest BCUT2D eigenvalue weighted by Gasteiger charge is -2.20. The Kier molecular flexibility index (Phi) is 6.89. The van der Waals surface area contributed by atoms with Gasteiger partial charge in [0.2, 0.25) is 10.0 Å². The van der Waals surface area contributed by atoms with Crippen LogP contribution in [0.5, 0.6) is 11.5 Å². The summed E-state index contributed by atoms with van der Waals surface area (Å²) < 4.78 is 38.7. The fourth-order valence-electron chi connectivity index (χ4n) is 2.84. The van der Waals surface area contributed by atoms with Crippen molar-refractivity contribution in [2.75, 3.05) is 32.8 Å². The quantitative estimate of drug-likeness (QED) is 0.687. The molecule has 1 aromatic carbocycles. The predicted octanol–water partition coefficient (Wildman–Crippen LogP) is 0.830. The Morgan fingerprint density at radius 3 is 2.50 bits per heavy atom. The van der Waals surface area contributed by atoms with E-state index in [1.165, 1.54) is 11.0 Å². The fourth-order valence-corrected chi connectivity index (χ4v) is 4.14. The number of rotatable bonds is 9. The second-order valence-electron chi connectivity index (χ2n) is 6.18. The van der Waals surface area contributed by atoms with Gasteiger partial charge >= 0.3 is 0 Å². The van der Waals surface area contributed by atoms with E-state index in [9.17, 15) is 8.42 Å². The molecule has 2 N–H and O–H groups in total. The highest BCUT2D eigenvalue weighted by Crippen LogP contribution is 2.32. The molecule has 1 aliphatic rings. The highest BCUT2D eigenvalue weighted by Gasteiger charge is 2.21. The van der Waals surface area contributed by atoms with Crippen molar-refractivity contribution in [2.24, 2.45) is 0 Å². The van der Waals surface area contributed by atoms with Crippen molar-refractivity contribution < 1.29 is 22.8 Å². The molecule has 1 aromatic rings. The average Bonchev–Trinajstić information content (AvgIpc) is 2.58. The Hall–Kier alpha value is -1.31. The molecule has 0 amide bonds. The van der Waals surface area contributed by atoms with E-state index in [0.29, 0.717) is 24.7 Å². The van der Waals surface area contributed by atoms with Crippen molar-refractivity contribution in [3.05, 3.63) is 18.2 Å². The first-order valence-corrected chi connectivity index (χ1v) is 10.2. The third-order valence-electron chi connectivity index (χ3n) is 4.35. The standard InChI is InChI=1S/C17H28N2O4S/c1-4-19(5-2)10-6-7-14(3)18-24(20,21)15-8-9-16-17(13-15)23-12-11-22-16/h8-9,13-14,18H,4-7,10-12H2,1-3H3/p+1/t14-/m1/s1. The summed E-state index contributed by atoms with van der Waals surface area (Å²) in [5.41, 5.74) is 0. The predicted molar refractivity (Wildman–Crippen MR) is 93.4 cm³/mol. The van der Waals surface area contributed by atoms with Crippen molar-refractivity contribution in [3.63, 3.8) is 0 Å². The van der Waals surface area contributed by atoms with Gasteiger partial charge in [-0.3, -0.25) is 0 Å². The molecule has 0 bridgehead atoms. The highest BCUT2D eigenvalue weighted by atomic mass is 32.2. The van der Waals surface area contributed by atoms with Crippen LogP contribution in [0.3, 0.4) is 0 Å². The summed E-state index contributed by atoms with van der Waals surface area (Å²) in [6, 6.07) is 4.64. The molecule has 0 fully saturated rings. The molecule has 6 nitrogen and oxygen atoms in total. The maximum Gasteiger partial charge on any atom is 0.240 e. The van der Waals surface area contributed by atoms with Gasteiger partial charge in [-0.2, -0.15) is 0 Å². The Bertz CT molecular complexity index is 629. The minimum Gasteiger partial charge on any atom is -0.486 e. The third-order valence-corrected chi connectivity index (χ3v) is 5.93. The molecule has 0 saturated heterocycles. The van der Waals surface area contributed by atoms with Crippen molar-refractivity contribution in [2.45, 2.75) is 44.6 Å². The van der Waals surface area contributed by atoms with E-state index in [1.54, 1.807) is 12.1 Å². The number of sulfonamides is 1. The van der Waals surface area contributed by atoms with Crippen molar-refractivity contribution in [3.8, 4) is 11.5 Å². The van der Waals surface area contributed by atoms with Gasteiger partial charge in [-0.05, 0) is 45.7 Å².